The molecule has 0 bridgehead atoms. The zero-order valence-electron chi connectivity index (χ0n) is 10.8. The maximum Gasteiger partial charge on any atom is 0.160 e. The number of hydrogen-bond donors (Lipinski definition) is 0. The fourth-order valence-corrected chi connectivity index (χ4v) is 2.40. The molecule has 0 aliphatic heterocycles. The summed E-state index contributed by atoms with van der Waals surface area (Å²) in [6, 6.07) is 1.98. The number of hydrogen-bond acceptors (Lipinski definition) is 2. The number of nitrogens with zero attached hydrogens (tertiary/aromatic N) is 3. The van der Waals surface area contributed by atoms with Crippen LogP contribution in [0.15, 0.2) is 16.7 Å². The van der Waals surface area contributed by atoms with Gasteiger partial charge in [-0.3, -0.25) is 0 Å². The van der Waals surface area contributed by atoms with Gasteiger partial charge in [0.1, 0.15) is 11.3 Å². The molecule has 0 fully saturated rings. The summed E-state index contributed by atoms with van der Waals surface area (Å²) in [5, 5.41) is -0.106. The van der Waals surface area contributed by atoms with Crippen molar-refractivity contribution in [2.45, 2.75) is 39.1 Å². The molecule has 1 unspecified atom stereocenters. The molecule has 0 aliphatic carbocycles. The maximum absolute atomic E-state index is 6.21. The predicted molar refractivity (Wildman–Crippen MR) is 79.0 cm³/mol. The second-order valence-corrected chi connectivity index (χ2v) is 6.49. The van der Waals surface area contributed by atoms with Crippen LogP contribution in [0.4, 0.5) is 0 Å². The summed E-state index contributed by atoms with van der Waals surface area (Å²) in [6.45, 7) is 7.29. The van der Waals surface area contributed by atoms with Gasteiger partial charge in [-0.25, -0.2) is 9.97 Å². The second kappa shape index (κ2) is 5.57. The fourth-order valence-electron chi connectivity index (χ4n) is 1.92. The third-order valence-corrected chi connectivity index (χ3v) is 3.50. The Bertz CT molecular complexity index is 548. The molecule has 5 heteroatoms. The van der Waals surface area contributed by atoms with Crippen molar-refractivity contribution >= 4 is 38.7 Å². The van der Waals surface area contributed by atoms with Crippen molar-refractivity contribution in [1.29, 1.82) is 0 Å². The molecule has 3 nitrogen and oxygen atoms in total. The Hall–Kier alpha value is -0.610. The van der Waals surface area contributed by atoms with Gasteiger partial charge < -0.3 is 4.57 Å². The van der Waals surface area contributed by atoms with E-state index in [1.54, 1.807) is 6.20 Å². The Labute approximate surface area is 121 Å². The normalized spacial score (nSPS) is 13.4. The molecule has 0 radical (unpaired) electrons. The van der Waals surface area contributed by atoms with E-state index in [1.807, 2.05) is 13.0 Å². The van der Waals surface area contributed by atoms with Crippen molar-refractivity contribution in [2.75, 3.05) is 0 Å². The zero-order valence-corrected chi connectivity index (χ0v) is 13.2. The molecule has 0 spiro atoms. The van der Waals surface area contributed by atoms with Gasteiger partial charge in [-0.15, -0.1) is 11.6 Å². The van der Waals surface area contributed by atoms with E-state index in [2.05, 4.69) is 44.3 Å². The highest BCUT2D eigenvalue weighted by Gasteiger charge is 2.16. The molecule has 0 amide bonds. The molecule has 1 atom stereocenters. The zero-order chi connectivity index (χ0) is 13.3. The number of fused-ring (bicyclic) bond motifs is 1. The minimum Gasteiger partial charge on any atom is -0.311 e. The topological polar surface area (TPSA) is 30.7 Å². The molecule has 18 heavy (non-hydrogen) atoms. The Morgan fingerprint density at radius 2 is 2.11 bits per heavy atom. The second-order valence-electron chi connectivity index (χ2n) is 4.92. The first kappa shape index (κ1) is 13.8. The van der Waals surface area contributed by atoms with Crippen LogP contribution in [0.25, 0.3) is 11.2 Å². The van der Waals surface area contributed by atoms with Crippen LogP contribution < -0.4 is 0 Å². The molecule has 2 rings (SSSR count). The molecular weight excluding hydrogens is 314 g/mol. The molecule has 2 heterocycles. The van der Waals surface area contributed by atoms with Gasteiger partial charge >= 0.3 is 0 Å². The lowest BCUT2D eigenvalue weighted by Crippen LogP contribution is -2.07. The van der Waals surface area contributed by atoms with Crippen molar-refractivity contribution in [2.24, 2.45) is 5.92 Å². The van der Waals surface area contributed by atoms with E-state index in [9.17, 15) is 0 Å². The van der Waals surface area contributed by atoms with Crippen LogP contribution in [0.5, 0.6) is 0 Å². The highest BCUT2D eigenvalue weighted by atomic mass is 79.9. The average Bonchev–Trinajstić information content (AvgIpc) is 2.64. The highest BCUT2D eigenvalue weighted by molar-refractivity contribution is 9.10. The number of aryl methyl sites for hydroxylation is 1. The van der Waals surface area contributed by atoms with E-state index >= 15 is 0 Å². The van der Waals surface area contributed by atoms with Gasteiger partial charge in [0.25, 0.3) is 0 Å². The molecule has 0 aliphatic rings. The SMILES string of the molecule is CC(C)CCn1c(C(C)Cl)nc2cc(Br)cnc21. The Morgan fingerprint density at radius 1 is 1.39 bits per heavy atom. The lowest BCUT2D eigenvalue weighted by Gasteiger charge is -2.11. The van der Waals surface area contributed by atoms with Crippen LogP contribution in [0, 0.1) is 5.92 Å². The van der Waals surface area contributed by atoms with Gasteiger partial charge in [-0.2, -0.15) is 0 Å². The standard InChI is InChI=1S/C13H17BrClN3/c1-8(2)4-5-18-12(9(3)15)17-11-6-10(14)7-16-13(11)18/h6-9H,4-5H2,1-3H3. The lowest BCUT2D eigenvalue weighted by molar-refractivity contribution is 0.510. The summed E-state index contributed by atoms with van der Waals surface area (Å²) in [5.41, 5.74) is 1.82. The van der Waals surface area contributed by atoms with Crippen molar-refractivity contribution < 1.29 is 0 Å². The minimum atomic E-state index is -0.106. The molecule has 0 aromatic carbocycles. The molecule has 2 aromatic heterocycles. The summed E-state index contributed by atoms with van der Waals surface area (Å²) < 4.78 is 3.08. The maximum atomic E-state index is 6.21. The number of imidazole rings is 1. The minimum absolute atomic E-state index is 0.106. The number of rotatable bonds is 4. The number of alkyl halides is 1. The summed E-state index contributed by atoms with van der Waals surface area (Å²) in [7, 11) is 0. The van der Waals surface area contributed by atoms with E-state index in [0.29, 0.717) is 5.92 Å². The van der Waals surface area contributed by atoms with Crippen LogP contribution in [0.2, 0.25) is 0 Å². The first-order chi connectivity index (χ1) is 8.49. The van der Waals surface area contributed by atoms with Crippen LogP contribution in [-0.2, 0) is 6.54 Å². The Balaban J connectivity index is 2.48. The molecule has 0 N–H and O–H groups in total. The largest absolute Gasteiger partial charge is 0.311 e. The fraction of sp³-hybridized carbons (Fsp3) is 0.538. The number of aromatic nitrogens is 3. The quantitative estimate of drug-likeness (QED) is 0.771. The summed E-state index contributed by atoms with van der Waals surface area (Å²) in [4.78, 5) is 9.05. The predicted octanol–water partition coefficient (Wildman–Crippen LogP) is 4.54. The van der Waals surface area contributed by atoms with Crippen LogP contribution in [0.1, 0.15) is 38.4 Å². The molecule has 2 aromatic rings. The first-order valence-corrected chi connectivity index (χ1v) is 7.37. The number of halogens is 2. The smallest absolute Gasteiger partial charge is 0.160 e. The van der Waals surface area contributed by atoms with Crippen molar-refractivity contribution in [3.05, 3.63) is 22.6 Å². The molecule has 0 saturated carbocycles. The van der Waals surface area contributed by atoms with Gasteiger partial charge in [-0.05, 0) is 41.3 Å². The van der Waals surface area contributed by atoms with E-state index in [-0.39, 0.29) is 5.38 Å². The van der Waals surface area contributed by atoms with Crippen LogP contribution >= 0.6 is 27.5 Å². The first-order valence-electron chi connectivity index (χ1n) is 6.14. The van der Waals surface area contributed by atoms with Crippen molar-refractivity contribution in [1.82, 2.24) is 14.5 Å². The van der Waals surface area contributed by atoms with Crippen LogP contribution in [-0.4, -0.2) is 14.5 Å². The third kappa shape index (κ3) is 2.86. The van der Waals surface area contributed by atoms with Crippen molar-refractivity contribution in [3.8, 4) is 0 Å². The van der Waals surface area contributed by atoms with Crippen molar-refractivity contribution in [3.63, 3.8) is 0 Å². The Kier molecular flexibility index (Phi) is 4.28. The van der Waals surface area contributed by atoms with Crippen LogP contribution in [0.3, 0.4) is 0 Å². The average molecular weight is 331 g/mol. The molecule has 0 saturated heterocycles. The third-order valence-electron chi connectivity index (χ3n) is 2.87. The van der Waals surface area contributed by atoms with E-state index in [0.717, 1.165) is 34.4 Å². The molecular formula is C13H17BrClN3. The summed E-state index contributed by atoms with van der Waals surface area (Å²) >= 11 is 9.63. The van der Waals surface area contributed by atoms with Gasteiger partial charge in [-0.1, -0.05) is 13.8 Å². The summed E-state index contributed by atoms with van der Waals surface area (Å²) in [6.07, 6.45) is 2.90. The number of pyridine rings is 1. The van der Waals surface area contributed by atoms with E-state index in [4.69, 9.17) is 11.6 Å². The Morgan fingerprint density at radius 3 is 2.72 bits per heavy atom. The van der Waals surface area contributed by atoms with E-state index < -0.39 is 0 Å². The van der Waals surface area contributed by atoms with Gasteiger partial charge in [0.05, 0.1) is 5.38 Å². The highest BCUT2D eigenvalue weighted by Crippen LogP contribution is 2.25. The lowest BCUT2D eigenvalue weighted by atomic mass is 10.1. The van der Waals surface area contributed by atoms with Gasteiger partial charge in [0.15, 0.2) is 5.65 Å². The van der Waals surface area contributed by atoms with Gasteiger partial charge in [0.2, 0.25) is 0 Å². The van der Waals surface area contributed by atoms with Gasteiger partial charge in [0, 0.05) is 17.2 Å². The molecule has 98 valence electrons. The monoisotopic (exact) mass is 329 g/mol. The van der Waals surface area contributed by atoms with E-state index in [1.165, 1.54) is 0 Å². The summed E-state index contributed by atoms with van der Waals surface area (Å²) in [5.74, 6) is 1.55.